The Balaban J connectivity index is 1.43. The fourth-order valence-electron chi connectivity index (χ4n) is 3.83. The molecule has 0 atom stereocenters. The zero-order chi connectivity index (χ0) is 19.7. The van der Waals surface area contributed by atoms with Gasteiger partial charge in [-0.15, -0.1) is 0 Å². The molecule has 0 unspecified atom stereocenters. The number of hydrogen-bond acceptors (Lipinski definition) is 6. The van der Waals surface area contributed by atoms with Gasteiger partial charge in [0, 0.05) is 0 Å². The van der Waals surface area contributed by atoms with Crippen molar-refractivity contribution in [3.05, 3.63) is 18.2 Å². The number of carbonyl (C=O) groups is 3. The van der Waals surface area contributed by atoms with Crippen LogP contribution in [0.1, 0.15) is 39.0 Å². The molecule has 1 aliphatic carbocycles. The Bertz CT molecular complexity index is 935. The molecule has 1 aromatic heterocycles. The minimum Gasteiger partial charge on any atom is -0.494 e. The highest BCUT2D eigenvalue weighted by atomic mass is 32.1. The third-order valence-corrected chi connectivity index (χ3v) is 6.11. The molecule has 4 amide bonds. The van der Waals surface area contributed by atoms with Crippen molar-refractivity contribution in [3.63, 3.8) is 0 Å². The van der Waals surface area contributed by atoms with Gasteiger partial charge in [-0.3, -0.25) is 14.5 Å². The van der Waals surface area contributed by atoms with Crippen LogP contribution in [0.5, 0.6) is 5.75 Å². The second-order valence-corrected chi connectivity index (χ2v) is 8.12. The van der Waals surface area contributed by atoms with E-state index in [9.17, 15) is 14.4 Å². The number of nitrogens with one attached hydrogen (secondary N) is 2. The number of benzene rings is 1. The molecule has 0 bridgehead atoms. The summed E-state index contributed by atoms with van der Waals surface area (Å²) in [7, 11) is 0. The first-order chi connectivity index (χ1) is 13.5. The molecule has 1 aliphatic heterocycles. The predicted octanol–water partition coefficient (Wildman–Crippen LogP) is 2.89. The number of ether oxygens (including phenoxy) is 1. The number of thiazole rings is 1. The molecule has 1 saturated carbocycles. The number of fused-ring (bicyclic) bond motifs is 1. The average molecular weight is 402 g/mol. The standard InChI is InChI=1S/C19H22N4O4S/c1-2-27-12-6-7-13-14(10-12)28-17(20-13)21-15(24)11-23-16(25)19(22-18(23)26)8-4-3-5-9-19/h6-7,10H,2-5,8-9,11H2,1H3,(H,22,26)(H,20,21,24). The van der Waals surface area contributed by atoms with Crippen molar-refractivity contribution in [2.24, 2.45) is 0 Å². The normalized spacial score (nSPS) is 18.5. The van der Waals surface area contributed by atoms with Gasteiger partial charge in [-0.2, -0.15) is 0 Å². The van der Waals surface area contributed by atoms with Crippen LogP contribution >= 0.6 is 11.3 Å². The summed E-state index contributed by atoms with van der Waals surface area (Å²) in [6, 6.07) is 5.04. The van der Waals surface area contributed by atoms with E-state index in [0.29, 0.717) is 24.6 Å². The third-order valence-electron chi connectivity index (χ3n) is 5.17. The van der Waals surface area contributed by atoms with E-state index in [0.717, 1.165) is 40.1 Å². The van der Waals surface area contributed by atoms with Gasteiger partial charge in [-0.05, 0) is 38.0 Å². The largest absolute Gasteiger partial charge is 0.494 e. The maximum absolute atomic E-state index is 12.8. The molecule has 148 valence electrons. The highest BCUT2D eigenvalue weighted by molar-refractivity contribution is 7.22. The Morgan fingerprint density at radius 3 is 2.86 bits per heavy atom. The first-order valence-corrected chi connectivity index (χ1v) is 10.3. The molecule has 2 aromatic rings. The Labute approximate surface area is 166 Å². The summed E-state index contributed by atoms with van der Waals surface area (Å²) >= 11 is 1.32. The molecule has 4 rings (SSSR count). The monoisotopic (exact) mass is 402 g/mol. The number of hydrogen-bond donors (Lipinski definition) is 2. The van der Waals surface area contributed by atoms with E-state index in [-0.39, 0.29) is 12.5 Å². The van der Waals surface area contributed by atoms with Gasteiger partial charge in [0.25, 0.3) is 5.91 Å². The summed E-state index contributed by atoms with van der Waals surface area (Å²) in [6.07, 6.45) is 4.14. The molecular formula is C19H22N4O4S. The smallest absolute Gasteiger partial charge is 0.325 e. The minimum atomic E-state index is -0.818. The molecule has 2 heterocycles. The number of nitrogens with zero attached hydrogens (tertiary/aromatic N) is 2. The van der Waals surface area contributed by atoms with Crippen LogP contribution in [-0.4, -0.2) is 46.4 Å². The van der Waals surface area contributed by atoms with Crippen LogP contribution in [0, 0.1) is 0 Å². The fraction of sp³-hybridized carbons (Fsp3) is 0.474. The average Bonchev–Trinajstić information content (AvgIpc) is 3.16. The van der Waals surface area contributed by atoms with Crippen LogP contribution in [0.2, 0.25) is 0 Å². The number of anilines is 1. The summed E-state index contributed by atoms with van der Waals surface area (Å²) < 4.78 is 6.36. The highest BCUT2D eigenvalue weighted by Crippen LogP contribution is 2.34. The molecule has 1 aromatic carbocycles. The first kappa shape index (κ1) is 18.7. The molecule has 9 heteroatoms. The molecule has 8 nitrogen and oxygen atoms in total. The number of amides is 4. The van der Waals surface area contributed by atoms with Crippen molar-refractivity contribution in [1.82, 2.24) is 15.2 Å². The minimum absolute atomic E-state index is 0.294. The van der Waals surface area contributed by atoms with Crippen LogP contribution < -0.4 is 15.4 Å². The lowest BCUT2D eigenvalue weighted by Crippen LogP contribution is -2.48. The number of imide groups is 1. The maximum Gasteiger partial charge on any atom is 0.325 e. The summed E-state index contributed by atoms with van der Waals surface area (Å²) in [6.45, 7) is 2.17. The van der Waals surface area contributed by atoms with E-state index in [4.69, 9.17) is 4.74 Å². The van der Waals surface area contributed by atoms with E-state index >= 15 is 0 Å². The van der Waals surface area contributed by atoms with Gasteiger partial charge in [-0.1, -0.05) is 30.6 Å². The van der Waals surface area contributed by atoms with Crippen LogP contribution in [0.4, 0.5) is 9.93 Å². The van der Waals surface area contributed by atoms with Crippen LogP contribution in [0.25, 0.3) is 10.2 Å². The van der Waals surface area contributed by atoms with Gasteiger partial charge in [0.1, 0.15) is 17.8 Å². The lowest BCUT2D eigenvalue weighted by Gasteiger charge is -2.30. The van der Waals surface area contributed by atoms with Gasteiger partial charge in [0.15, 0.2) is 5.13 Å². The van der Waals surface area contributed by atoms with Gasteiger partial charge in [0.2, 0.25) is 5.91 Å². The number of aromatic nitrogens is 1. The zero-order valence-electron chi connectivity index (χ0n) is 15.6. The number of rotatable bonds is 5. The summed E-state index contributed by atoms with van der Waals surface area (Å²) in [4.78, 5) is 42.9. The molecule has 1 saturated heterocycles. The molecule has 2 N–H and O–H groups in total. The zero-order valence-corrected chi connectivity index (χ0v) is 16.4. The van der Waals surface area contributed by atoms with Crippen LogP contribution in [-0.2, 0) is 9.59 Å². The Morgan fingerprint density at radius 1 is 1.32 bits per heavy atom. The summed E-state index contributed by atoms with van der Waals surface area (Å²) in [5.41, 5.74) is -0.0684. The molecule has 0 radical (unpaired) electrons. The fourth-order valence-corrected chi connectivity index (χ4v) is 4.74. The molecule has 2 fully saturated rings. The summed E-state index contributed by atoms with van der Waals surface area (Å²) in [5, 5.41) is 5.93. The first-order valence-electron chi connectivity index (χ1n) is 9.48. The van der Waals surface area contributed by atoms with Crippen molar-refractivity contribution >= 4 is 44.5 Å². The van der Waals surface area contributed by atoms with E-state index in [2.05, 4.69) is 15.6 Å². The van der Waals surface area contributed by atoms with Crippen molar-refractivity contribution in [2.45, 2.75) is 44.6 Å². The van der Waals surface area contributed by atoms with E-state index in [1.165, 1.54) is 11.3 Å². The maximum atomic E-state index is 12.8. The van der Waals surface area contributed by atoms with Crippen LogP contribution in [0.3, 0.4) is 0 Å². The van der Waals surface area contributed by atoms with Crippen molar-refractivity contribution in [1.29, 1.82) is 0 Å². The quantitative estimate of drug-likeness (QED) is 0.749. The third kappa shape index (κ3) is 3.42. The second-order valence-electron chi connectivity index (χ2n) is 7.09. The number of carbonyl (C=O) groups excluding carboxylic acids is 3. The predicted molar refractivity (Wildman–Crippen MR) is 105 cm³/mol. The number of urea groups is 1. The van der Waals surface area contributed by atoms with Gasteiger partial charge < -0.3 is 15.4 Å². The van der Waals surface area contributed by atoms with E-state index < -0.39 is 17.5 Å². The van der Waals surface area contributed by atoms with Gasteiger partial charge in [0.05, 0.1) is 16.8 Å². The van der Waals surface area contributed by atoms with Gasteiger partial charge in [-0.25, -0.2) is 9.78 Å². The second kappa shape index (κ2) is 7.38. The lowest BCUT2D eigenvalue weighted by molar-refractivity contribution is -0.134. The van der Waals surface area contributed by atoms with Gasteiger partial charge >= 0.3 is 6.03 Å². The molecule has 1 spiro atoms. The molecule has 28 heavy (non-hydrogen) atoms. The highest BCUT2D eigenvalue weighted by Gasteiger charge is 2.51. The topological polar surface area (TPSA) is 101 Å². The summed E-state index contributed by atoms with van der Waals surface area (Å²) in [5.74, 6) is 0.00657. The Hall–Kier alpha value is -2.68. The SMILES string of the molecule is CCOc1ccc2nc(NC(=O)CN3C(=O)NC4(CCCCC4)C3=O)sc2c1. The molecule has 2 aliphatic rings. The van der Waals surface area contributed by atoms with Crippen molar-refractivity contribution < 1.29 is 19.1 Å². The van der Waals surface area contributed by atoms with Crippen LogP contribution in [0.15, 0.2) is 18.2 Å². The van der Waals surface area contributed by atoms with Crippen molar-refractivity contribution in [3.8, 4) is 5.75 Å². The molecular weight excluding hydrogens is 380 g/mol. The van der Waals surface area contributed by atoms with E-state index in [1.807, 2.05) is 25.1 Å². The van der Waals surface area contributed by atoms with Crippen molar-refractivity contribution in [2.75, 3.05) is 18.5 Å². The Morgan fingerprint density at radius 2 is 2.11 bits per heavy atom. The Kier molecular flexibility index (Phi) is 4.92. The lowest BCUT2D eigenvalue weighted by atomic mass is 9.82. The van der Waals surface area contributed by atoms with E-state index in [1.54, 1.807) is 0 Å².